The Labute approximate surface area is 205 Å². The molecule has 1 aliphatic heterocycles. The summed E-state index contributed by atoms with van der Waals surface area (Å²) in [6.45, 7) is 2.17. The zero-order valence-electron chi connectivity index (χ0n) is 20.2. The minimum absolute atomic E-state index is 0.124. The van der Waals surface area contributed by atoms with Gasteiger partial charge in [-0.1, -0.05) is 66.7 Å². The van der Waals surface area contributed by atoms with E-state index in [0.29, 0.717) is 12.3 Å². The molecule has 1 aliphatic rings. The van der Waals surface area contributed by atoms with Crippen LogP contribution in [0, 0.1) is 0 Å². The van der Waals surface area contributed by atoms with Gasteiger partial charge in [0, 0.05) is 29.4 Å². The lowest BCUT2D eigenvalue weighted by molar-refractivity contribution is -0.128. The quantitative estimate of drug-likeness (QED) is 0.556. The first-order valence-corrected chi connectivity index (χ1v) is 11.6. The van der Waals surface area contributed by atoms with Crippen LogP contribution in [-0.2, 0) is 16.0 Å². The minimum Gasteiger partial charge on any atom is -0.496 e. The molecule has 0 bridgehead atoms. The number of benzodiazepines with no additional fused rings is 1. The number of carbonyl (C=O) groups is 2. The van der Waals surface area contributed by atoms with Crippen LogP contribution in [0.3, 0.4) is 0 Å². The molecule has 0 radical (unpaired) electrons. The molecule has 4 rings (SSSR count). The van der Waals surface area contributed by atoms with Gasteiger partial charge >= 0.3 is 0 Å². The van der Waals surface area contributed by atoms with Crippen molar-refractivity contribution >= 4 is 23.2 Å². The molecule has 3 aromatic rings. The number of fused-ring (bicyclic) bond motifs is 1. The Bertz CT molecular complexity index is 1230. The largest absolute Gasteiger partial charge is 0.496 e. The highest BCUT2D eigenvalue weighted by Gasteiger charge is 2.25. The molecule has 0 saturated carbocycles. The molecular formula is C28H30N4O3. The lowest BCUT2D eigenvalue weighted by atomic mass is 10.0. The summed E-state index contributed by atoms with van der Waals surface area (Å²) in [5, 5.41) is 5.80. The number of aliphatic imine (C=N–C) groups is 1. The van der Waals surface area contributed by atoms with Gasteiger partial charge in [-0.05, 0) is 19.1 Å². The molecule has 3 aromatic carbocycles. The van der Waals surface area contributed by atoms with Gasteiger partial charge in [-0.15, -0.1) is 0 Å². The number of benzene rings is 3. The number of nitrogens with one attached hydrogen (secondary N) is 2. The highest BCUT2D eigenvalue weighted by molar-refractivity contribution is 6.16. The van der Waals surface area contributed by atoms with Crippen molar-refractivity contribution < 1.29 is 14.3 Å². The maximum Gasteiger partial charge on any atom is 0.243 e. The number of rotatable bonds is 7. The summed E-state index contributed by atoms with van der Waals surface area (Å²) in [7, 11) is 3.55. The lowest BCUT2D eigenvalue weighted by Gasteiger charge is -2.24. The Kier molecular flexibility index (Phi) is 7.45. The predicted octanol–water partition coefficient (Wildman–Crippen LogP) is 3.17. The fourth-order valence-electron chi connectivity index (χ4n) is 4.20. The van der Waals surface area contributed by atoms with Crippen LogP contribution in [0.25, 0.3) is 0 Å². The van der Waals surface area contributed by atoms with Gasteiger partial charge in [0.05, 0.1) is 25.8 Å². The number of amides is 2. The highest BCUT2D eigenvalue weighted by atomic mass is 16.5. The number of anilines is 1. The van der Waals surface area contributed by atoms with Gasteiger partial charge in [0.15, 0.2) is 0 Å². The molecule has 0 spiro atoms. The first-order valence-electron chi connectivity index (χ1n) is 11.6. The van der Waals surface area contributed by atoms with Gasteiger partial charge < -0.3 is 20.3 Å². The molecule has 0 unspecified atom stereocenters. The fourth-order valence-corrected chi connectivity index (χ4v) is 4.20. The van der Waals surface area contributed by atoms with E-state index >= 15 is 0 Å². The Hall–Kier alpha value is -4.13. The Balaban J connectivity index is 1.48. The van der Waals surface area contributed by atoms with Crippen LogP contribution >= 0.6 is 0 Å². The van der Waals surface area contributed by atoms with Gasteiger partial charge in [-0.25, -0.2) is 0 Å². The Morgan fingerprint density at radius 3 is 2.49 bits per heavy atom. The van der Waals surface area contributed by atoms with E-state index in [-0.39, 0.29) is 18.2 Å². The molecule has 1 heterocycles. The summed E-state index contributed by atoms with van der Waals surface area (Å²) in [5.41, 5.74) is 4.62. The molecular weight excluding hydrogens is 440 g/mol. The minimum atomic E-state index is -0.719. The van der Waals surface area contributed by atoms with Crippen LogP contribution in [-0.4, -0.2) is 50.4 Å². The molecule has 0 fully saturated rings. The van der Waals surface area contributed by atoms with Crippen LogP contribution in [0.15, 0.2) is 83.9 Å². The van der Waals surface area contributed by atoms with Crippen molar-refractivity contribution in [3.63, 3.8) is 0 Å². The number of likely N-dealkylation sites (N-methyl/N-ethyl adjacent to an activating group) is 1. The number of hydrogen-bond acceptors (Lipinski definition) is 5. The number of nitrogens with zero attached hydrogens (tertiary/aromatic N) is 2. The Morgan fingerprint density at radius 1 is 1.03 bits per heavy atom. The molecule has 180 valence electrons. The van der Waals surface area contributed by atoms with Crippen molar-refractivity contribution in [2.75, 3.05) is 25.6 Å². The van der Waals surface area contributed by atoms with E-state index in [1.807, 2.05) is 79.8 Å². The molecule has 2 amide bonds. The summed E-state index contributed by atoms with van der Waals surface area (Å²) < 4.78 is 5.32. The third kappa shape index (κ3) is 5.69. The molecule has 0 saturated heterocycles. The SMILES string of the molecule is COc1ccccc1CC(=O)N[C@@H](C)C(=O)N[C@@H]1CN(C)c2ccccc2C(c2ccccc2)=N1. The standard InChI is InChI=1S/C28H30N4O3/c1-19(29-26(33)17-21-13-7-10-16-24(21)35-3)28(34)31-25-18-32(2)23-15-9-8-14-22(23)27(30-25)20-11-5-4-6-12-20/h4-16,19,25H,17-18H2,1-3H3,(H,29,33)(H,31,34)/t19-,25+/m0/s1. The van der Waals surface area contributed by atoms with Crippen molar-refractivity contribution in [2.45, 2.75) is 25.6 Å². The van der Waals surface area contributed by atoms with E-state index in [4.69, 9.17) is 9.73 Å². The first-order chi connectivity index (χ1) is 17.0. The second-order valence-electron chi connectivity index (χ2n) is 8.54. The third-order valence-electron chi connectivity index (χ3n) is 5.97. The summed E-state index contributed by atoms with van der Waals surface area (Å²) >= 11 is 0. The maximum atomic E-state index is 13.0. The van der Waals surface area contributed by atoms with Crippen LogP contribution in [0.2, 0.25) is 0 Å². The van der Waals surface area contributed by atoms with E-state index in [1.54, 1.807) is 14.0 Å². The lowest BCUT2D eigenvalue weighted by Crippen LogP contribution is -2.50. The number of methoxy groups -OCH3 is 1. The van der Waals surface area contributed by atoms with E-state index in [9.17, 15) is 9.59 Å². The van der Waals surface area contributed by atoms with E-state index in [1.165, 1.54) is 0 Å². The zero-order valence-corrected chi connectivity index (χ0v) is 20.2. The van der Waals surface area contributed by atoms with Crippen molar-refractivity contribution in [1.82, 2.24) is 10.6 Å². The first kappa shape index (κ1) is 24.0. The van der Waals surface area contributed by atoms with Crippen LogP contribution in [0.1, 0.15) is 23.6 Å². The van der Waals surface area contributed by atoms with Crippen molar-refractivity contribution in [2.24, 2.45) is 4.99 Å². The molecule has 0 aliphatic carbocycles. The number of hydrogen-bond donors (Lipinski definition) is 2. The summed E-state index contributed by atoms with van der Waals surface area (Å²) in [6, 6.07) is 24.7. The average molecular weight is 471 g/mol. The number of ether oxygens (including phenoxy) is 1. The molecule has 0 aromatic heterocycles. The second kappa shape index (κ2) is 10.9. The number of carbonyl (C=O) groups excluding carboxylic acids is 2. The fraction of sp³-hybridized carbons (Fsp3) is 0.250. The van der Waals surface area contributed by atoms with Crippen molar-refractivity contribution in [1.29, 1.82) is 0 Å². The maximum absolute atomic E-state index is 13.0. The molecule has 7 nitrogen and oxygen atoms in total. The van der Waals surface area contributed by atoms with Crippen LogP contribution in [0.5, 0.6) is 5.75 Å². The summed E-state index contributed by atoms with van der Waals surface area (Å²) in [4.78, 5) is 32.6. The summed E-state index contributed by atoms with van der Waals surface area (Å²) in [5.74, 6) is 0.0958. The van der Waals surface area contributed by atoms with E-state index < -0.39 is 12.2 Å². The normalized spacial score (nSPS) is 15.8. The molecule has 35 heavy (non-hydrogen) atoms. The smallest absolute Gasteiger partial charge is 0.243 e. The van der Waals surface area contributed by atoms with Gasteiger partial charge in [-0.2, -0.15) is 0 Å². The van der Waals surface area contributed by atoms with Crippen LogP contribution < -0.4 is 20.3 Å². The second-order valence-corrected chi connectivity index (χ2v) is 8.54. The molecule has 2 N–H and O–H groups in total. The third-order valence-corrected chi connectivity index (χ3v) is 5.97. The topological polar surface area (TPSA) is 83.0 Å². The molecule has 2 atom stereocenters. The van der Waals surface area contributed by atoms with E-state index in [2.05, 4.69) is 21.6 Å². The summed E-state index contributed by atoms with van der Waals surface area (Å²) in [6.07, 6.45) is -0.358. The van der Waals surface area contributed by atoms with Crippen molar-refractivity contribution in [3.05, 3.63) is 95.6 Å². The van der Waals surface area contributed by atoms with Gasteiger partial charge in [-0.3, -0.25) is 14.6 Å². The van der Waals surface area contributed by atoms with E-state index in [0.717, 1.165) is 28.1 Å². The average Bonchev–Trinajstić information content (AvgIpc) is 3.01. The zero-order chi connectivity index (χ0) is 24.8. The molecule has 7 heteroatoms. The van der Waals surface area contributed by atoms with Gasteiger partial charge in [0.1, 0.15) is 18.0 Å². The predicted molar refractivity (Wildman–Crippen MR) is 138 cm³/mol. The van der Waals surface area contributed by atoms with Gasteiger partial charge in [0.25, 0.3) is 0 Å². The Morgan fingerprint density at radius 2 is 1.71 bits per heavy atom. The van der Waals surface area contributed by atoms with Crippen molar-refractivity contribution in [3.8, 4) is 5.75 Å². The number of para-hydroxylation sites is 2. The monoisotopic (exact) mass is 470 g/mol. The van der Waals surface area contributed by atoms with Crippen LogP contribution in [0.4, 0.5) is 5.69 Å². The highest BCUT2D eigenvalue weighted by Crippen LogP contribution is 2.26. The van der Waals surface area contributed by atoms with Gasteiger partial charge in [0.2, 0.25) is 11.8 Å².